The van der Waals surface area contributed by atoms with Gasteiger partial charge in [0.15, 0.2) is 0 Å². The third-order valence-electron chi connectivity index (χ3n) is 4.93. The normalized spacial score (nSPS) is 31.1. The van der Waals surface area contributed by atoms with Crippen LogP contribution >= 0.6 is 0 Å². The van der Waals surface area contributed by atoms with Crippen molar-refractivity contribution in [1.29, 1.82) is 0 Å². The fourth-order valence-electron chi connectivity index (χ4n) is 3.41. The average Bonchev–Trinajstić information content (AvgIpc) is 2.46. The number of carboxylic acids is 1. The van der Waals surface area contributed by atoms with Crippen LogP contribution in [0.15, 0.2) is 60.8 Å². The number of carboxylic acid groups (broad SMARTS) is 1. The second kappa shape index (κ2) is 4.87. The van der Waals surface area contributed by atoms with E-state index in [1.54, 1.807) is 0 Å². The van der Waals surface area contributed by atoms with Gasteiger partial charge in [0.1, 0.15) is 0 Å². The molecule has 0 saturated heterocycles. The van der Waals surface area contributed by atoms with Crippen molar-refractivity contribution in [2.45, 2.75) is 32.6 Å². The lowest BCUT2D eigenvalue weighted by Crippen LogP contribution is -2.29. The second-order valence-corrected chi connectivity index (χ2v) is 6.88. The first-order valence-electron chi connectivity index (χ1n) is 7.63. The minimum atomic E-state index is -0.718. The summed E-state index contributed by atoms with van der Waals surface area (Å²) >= 11 is 0. The molecule has 0 aromatic carbocycles. The van der Waals surface area contributed by atoms with E-state index >= 15 is 0 Å². The zero-order chi connectivity index (χ0) is 15.0. The number of hydrogen-bond acceptors (Lipinski definition) is 1. The van der Waals surface area contributed by atoms with E-state index in [-0.39, 0.29) is 22.7 Å². The van der Waals surface area contributed by atoms with Crippen LogP contribution in [0.1, 0.15) is 32.6 Å². The number of hydrogen-bond donors (Lipinski definition) is 1. The Bertz CT molecular complexity index is 561. The first kappa shape index (κ1) is 14.1. The third-order valence-corrected chi connectivity index (χ3v) is 4.93. The van der Waals surface area contributed by atoms with Crippen LogP contribution < -0.4 is 0 Å². The van der Waals surface area contributed by atoms with Gasteiger partial charge < -0.3 is 5.11 Å². The predicted octanol–water partition coefficient (Wildman–Crippen LogP) is 4.43. The van der Waals surface area contributed by atoms with E-state index in [9.17, 15) is 4.79 Å². The van der Waals surface area contributed by atoms with Gasteiger partial charge in [-0.1, -0.05) is 67.7 Å². The molecule has 0 aromatic rings. The summed E-state index contributed by atoms with van der Waals surface area (Å²) in [5.74, 6) is -0.718. The van der Waals surface area contributed by atoms with Gasteiger partial charge in [-0.2, -0.15) is 0 Å². The van der Waals surface area contributed by atoms with Gasteiger partial charge in [-0.15, -0.1) is 0 Å². The first-order valence-corrected chi connectivity index (χ1v) is 7.63. The minimum absolute atomic E-state index is 0.0254. The summed E-state index contributed by atoms with van der Waals surface area (Å²) in [6, 6.07) is 0. The van der Waals surface area contributed by atoms with E-state index in [1.807, 2.05) is 6.92 Å². The molecule has 0 heterocycles. The average molecular weight is 282 g/mol. The highest BCUT2D eigenvalue weighted by Crippen LogP contribution is 2.47. The minimum Gasteiger partial charge on any atom is -0.481 e. The number of aliphatic carboxylic acids is 1. The van der Waals surface area contributed by atoms with Gasteiger partial charge in [0.2, 0.25) is 0 Å². The summed E-state index contributed by atoms with van der Waals surface area (Å²) < 4.78 is 0. The van der Waals surface area contributed by atoms with Crippen LogP contribution in [-0.4, -0.2) is 11.1 Å². The molecule has 0 aliphatic heterocycles. The SMILES string of the molecule is CC1(CC(=O)O)C=CC2(C=CC3(C=CCC=C3)C=C2)CC1. The quantitative estimate of drug-likeness (QED) is 0.761. The van der Waals surface area contributed by atoms with Gasteiger partial charge in [-0.05, 0) is 24.7 Å². The molecule has 2 heteroatoms. The summed E-state index contributed by atoms with van der Waals surface area (Å²) in [4.78, 5) is 11.0. The van der Waals surface area contributed by atoms with Crippen molar-refractivity contribution in [2.75, 3.05) is 0 Å². The lowest BCUT2D eigenvalue weighted by Gasteiger charge is -2.39. The molecule has 0 saturated carbocycles. The maximum Gasteiger partial charge on any atom is 0.304 e. The molecule has 110 valence electrons. The maximum absolute atomic E-state index is 11.0. The maximum atomic E-state index is 11.0. The van der Waals surface area contributed by atoms with Crippen molar-refractivity contribution in [3.05, 3.63) is 60.8 Å². The van der Waals surface area contributed by atoms with Gasteiger partial charge in [0.05, 0.1) is 6.42 Å². The van der Waals surface area contributed by atoms with E-state index in [2.05, 4.69) is 60.8 Å². The highest BCUT2D eigenvalue weighted by Gasteiger charge is 2.36. The summed E-state index contributed by atoms with van der Waals surface area (Å²) in [5, 5.41) is 9.02. The molecule has 0 bridgehead atoms. The van der Waals surface area contributed by atoms with Crippen LogP contribution in [-0.2, 0) is 4.79 Å². The Morgan fingerprint density at radius 2 is 1.57 bits per heavy atom. The molecule has 2 spiro atoms. The fourth-order valence-corrected chi connectivity index (χ4v) is 3.41. The van der Waals surface area contributed by atoms with Crippen molar-refractivity contribution in [3.63, 3.8) is 0 Å². The topological polar surface area (TPSA) is 37.3 Å². The monoisotopic (exact) mass is 282 g/mol. The second-order valence-electron chi connectivity index (χ2n) is 6.88. The molecule has 21 heavy (non-hydrogen) atoms. The van der Waals surface area contributed by atoms with Crippen molar-refractivity contribution < 1.29 is 9.90 Å². The number of rotatable bonds is 2. The van der Waals surface area contributed by atoms with Gasteiger partial charge >= 0.3 is 5.97 Å². The molecule has 1 unspecified atom stereocenters. The lowest BCUT2D eigenvalue weighted by atomic mass is 9.65. The third kappa shape index (κ3) is 2.80. The molecule has 1 N–H and O–H groups in total. The molecule has 0 amide bonds. The van der Waals surface area contributed by atoms with E-state index in [4.69, 9.17) is 5.11 Å². The van der Waals surface area contributed by atoms with Crippen molar-refractivity contribution in [3.8, 4) is 0 Å². The molecule has 0 fully saturated rings. The smallest absolute Gasteiger partial charge is 0.304 e. The summed E-state index contributed by atoms with van der Waals surface area (Å²) in [5.41, 5.74) is -0.278. The zero-order valence-corrected chi connectivity index (χ0v) is 12.5. The molecule has 0 aromatic heterocycles. The molecule has 3 aliphatic carbocycles. The highest BCUT2D eigenvalue weighted by molar-refractivity contribution is 5.68. The van der Waals surface area contributed by atoms with E-state index in [0.717, 1.165) is 19.3 Å². The molecule has 1 atom stereocenters. The summed E-state index contributed by atoms with van der Waals surface area (Å²) in [6.45, 7) is 2.04. The van der Waals surface area contributed by atoms with Gasteiger partial charge in [0.25, 0.3) is 0 Å². The van der Waals surface area contributed by atoms with Gasteiger partial charge in [-0.3, -0.25) is 4.79 Å². The van der Waals surface area contributed by atoms with Crippen LogP contribution in [0.3, 0.4) is 0 Å². The Morgan fingerprint density at radius 1 is 0.952 bits per heavy atom. The Balaban J connectivity index is 1.79. The van der Waals surface area contributed by atoms with Crippen LogP contribution in [0.2, 0.25) is 0 Å². The van der Waals surface area contributed by atoms with Crippen molar-refractivity contribution in [2.24, 2.45) is 16.2 Å². The molecule has 2 nitrogen and oxygen atoms in total. The van der Waals surface area contributed by atoms with Crippen molar-refractivity contribution >= 4 is 5.97 Å². The lowest BCUT2D eigenvalue weighted by molar-refractivity contribution is -0.139. The Hall–Kier alpha value is -1.83. The van der Waals surface area contributed by atoms with Crippen LogP contribution in [0.25, 0.3) is 0 Å². The fraction of sp³-hybridized carbons (Fsp3) is 0.421. The number of carbonyl (C=O) groups is 1. The predicted molar refractivity (Wildman–Crippen MR) is 84.8 cm³/mol. The molecule has 3 rings (SSSR count). The van der Waals surface area contributed by atoms with Crippen LogP contribution in [0, 0.1) is 16.2 Å². The van der Waals surface area contributed by atoms with E-state index < -0.39 is 5.97 Å². The number of allylic oxidation sites excluding steroid dienone is 10. The highest BCUT2D eigenvalue weighted by atomic mass is 16.4. The Kier molecular flexibility index (Phi) is 3.27. The van der Waals surface area contributed by atoms with Gasteiger partial charge in [-0.25, -0.2) is 0 Å². The Morgan fingerprint density at radius 3 is 2.10 bits per heavy atom. The van der Waals surface area contributed by atoms with Crippen molar-refractivity contribution in [1.82, 2.24) is 0 Å². The summed E-state index contributed by atoms with van der Waals surface area (Å²) in [7, 11) is 0. The molecular formula is C19H22O2. The van der Waals surface area contributed by atoms with E-state index in [0.29, 0.717) is 0 Å². The standard InChI is InChI=1S/C19H22O2/c1-17(15-16(20)21)7-9-19(10-8-17)13-11-18(12-14-19)5-3-2-4-6-18/h3-7,9,11-14H,2,8,10,15H2,1H3,(H,20,21). The largest absolute Gasteiger partial charge is 0.481 e. The molecule has 0 radical (unpaired) electrons. The van der Waals surface area contributed by atoms with Gasteiger partial charge in [0, 0.05) is 10.8 Å². The first-order chi connectivity index (χ1) is 9.95. The molecule has 3 aliphatic rings. The molecular weight excluding hydrogens is 260 g/mol. The Labute approximate surface area is 126 Å². The van der Waals surface area contributed by atoms with Crippen LogP contribution in [0.4, 0.5) is 0 Å². The van der Waals surface area contributed by atoms with Crippen LogP contribution in [0.5, 0.6) is 0 Å². The van der Waals surface area contributed by atoms with E-state index in [1.165, 1.54) is 0 Å². The zero-order valence-electron chi connectivity index (χ0n) is 12.5. The summed E-state index contributed by atoms with van der Waals surface area (Å²) in [6.07, 6.45) is 25.4.